The highest BCUT2D eigenvalue weighted by molar-refractivity contribution is 9.10. The number of hydrogen-bond donors (Lipinski definition) is 3. The molecule has 1 atom stereocenters. The molecular weight excluding hydrogens is 450 g/mol. The van der Waals surface area contributed by atoms with Crippen molar-refractivity contribution in [1.29, 1.82) is 0 Å². The average Bonchev–Trinajstić information content (AvgIpc) is 2.69. The Balaban J connectivity index is 1.95. The third-order valence-electron chi connectivity index (χ3n) is 4.18. The highest BCUT2D eigenvalue weighted by Gasteiger charge is 2.22. The summed E-state index contributed by atoms with van der Waals surface area (Å²) in [4.78, 5) is 24.8. The van der Waals surface area contributed by atoms with E-state index in [1.54, 1.807) is 18.2 Å². The van der Waals surface area contributed by atoms with Crippen molar-refractivity contribution in [2.75, 3.05) is 6.61 Å². The fraction of sp³-hybridized carbons (Fsp3) is 0.318. The standard InChI is InChI=1S/C22H26BrN3O4/c1-14(2)10-18(25-21(28)13-30-20-7-5-4-6-15(20)3)22(29)26-24-12-16-11-17(23)8-9-19(16)27/h4-9,11-12,14,18,27H,10,13H2,1-3H3,(H,25,28)(H,26,29)/b24-12-/t18-/m1/s1. The Labute approximate surface area is 184 Å². The summed E-state index contributed by atoms with van der Waals surface area (Å²) in [6.07, 6.45) is 1.78. The largest absolute Gasteiger partial charge is 0.507 e. The summed E-state index contributed by atoms with van der Waals surface area (Å²) in [6.45, 7) is 5.61. The molecule has 0 aliphatic rings. The molecule has 2 aromatic rings. The van der Waals surface area contributed by atoms with Crippen LogP contribution in [0.25, 0.3) is 0 Å². The third-order valence-corrected chi connectivity index (χ3v) is 4.67. The molecule has 0 unspecified atom stereocenters. The highest BCUT2D eigenvalue weighted by atomic mass is 79.9. The van der Waals surface area contributed by atoms with Crippen molar-refractivity contribution in [3.63, 3.8) is 0 Å². The van der Waals surface area contributed by atoms with E-state index in [1.807, 2.05) is 39.0 Å². The first-order valence-corrected chi connectivity index (χ1v) is 10.3. The maximum Gasteiger partial charge on any atom is 0.262 e. The first kappa shape index (κ1) is 23.4. The van der Waals surface area contributed by atoms with Crippen LogP contribution in [-0.2, 0) is 9.59 Å². The second kappa shape index (κ2) is 11.3. The number of carbonyl (C=O) groups excluding carboxylic acids is 2. The maximum absolute atomic E-state index is 12.5. The number of aryl methyl sites for hydroxylation is 1. The van der Waals surface area contributed by atoms with Gasteiger partial charge in [0.1, 0.15) is 17.5 Å². The fourth-order valence-electron chi connectivity index (χ4n) is 2.67. The van der Waals surface area contributed by atoms with Crippen LogP contribution in [0.5, 0.6) is 11.5 Å². The number of nitrogens with one attached hydrogen (secondary N) is 2. The number of amides is 2. The van der Waals surface area contributed by atoms with E-state index >= 15 is 0 Å². The van der Waals surface area contributed by atoms with Gasteiger partial charge in [-0.15, -0.1) is 0 Å². The number of aromatic hydroxyl groups is 1. The van der Waals surface area contributed by atoms with Gasteiger partial charge in [-0.05, 0) is 49.1 Å². The third kappa shape index (κ3) is 7.51. The van der Waals surface area contributed by atoms with Crippen molar-refractivity contribution in [3.8, 4) is 11.5 Å². The van der Waals surface area contributed by atoms with Gasteiger partial charge in [0.05, 0.1) is 6.21 Å². The van der Waals surface area contributed by atoms with E-state index in [1.165, 1.54) is 12.3 Å². The first-order valence-electron chi connectivity index (χ1n) is 9.55. The van der Waals surface area contributed by atoms with E-state index in [0.717, 1.165) is 10.0 Å². The molecule has 30 heavy (non-hydrogen) atoms. The van der Waals surface area contributed by atoms with Crippen molar-refractivity contribution >= 4 is 34.0 Å². The molecule has 2 aromatic carbocycles. The topological polar surface area (TPSA) is 100 Å². The molecule has 8 heteroatoms. The van der Waals surface area contributed by atoms with Gasteiger partial charge in [-0.25, -0.2) is 5.43 Å². The zero-order chi connectivity index (χ0) is 22.1. The smallest absolute Gasteiger partial charge is 0.262 e. The van der Waals surface area contributed by atoms with E-state index in [2.05, 4.69) is 31.8 Å². The summed E-state index contributed by atoms with van der Waals surface area (Å²) in [5.74, 6) is -0.00434. The number of hydrogen-bond acceptors (Lipinski definition) is 5. The molecule has 0 aromatic heterocycles. The van der Waals surface area contributed by atoms with Gasteiger partial charge < -0.3 is 15.2 Å². The van der Waals surface area contributed by atoms with Crippen molar-refractivity contribution in [1.82, 2.24) is 10.7 Å². The predicted molar refractivity (Wildman–Crippen MR) is 120 cm³/mol. The van der Waals surface area contributed by atoms with E-state index < -0.39 is 17.9 Å². The molecule has 0 radical (unpaired) electrons. The van der Waals surface area contributed by atoms with Crippen molar-refractivity contribution < 1.29 is 19.4 Å². The Bertz CT molecular complexity index is 915. The number of para-hydroxylation sites is 1. The summed E-state index contributed by atoms with van der Waals surface area (Å²) < 4.78 is 6.31. The Hall–Kier alpha value is -2.87. The fourth-order valence-corrected chi connectivity index (χ4v) is 3.05. The van der Waals surface area contributed by atoms with E-state index in [9.17, 15) is 14.7 Å². The number of rotatable bonds is 9. The van der Waals surface area contributed by atoms with E-state index in [0.29, 0.717) is 17.7 Å². The van der Waals surface area contributed by atoms with Gasteiger partial charge in [0.15, 0.2) is 6.61 Å². The maximum atomic E-state index is 12.5. The van der Waals surface area contributed by atoms with Crippen molar-refractivity contribution in [2.45, 2.75) is 33.2 Å². The molecular formula is C22H26BrN3O4. The molecule has 160 valence electrons. The summed E-state index contributed by atoms with van der Waals surface area (Å²) in [5, 5.41) is 16.4. The summed E-state index contributed by atoms with van der Waals surface area (Å²) >= 11 is 3.31. The lowest BCUT2D eigenvalue weighted by atomic mass is 10.0. The minimum absolute atomic E-state index is 0.0385. The lowest BCUT2D eigenvalue weighted by Crippen LogP contribution is -2.47. The van der Waals surface area contributed by atoms with Gasteiger partial charge >= 0.3 is 0 Å². The molecule has 0 fully saturated rings. The monoisotopic (exact) mass is 475 g/mol. The highest BCUT2D eigenvalue weighted by Crippen LogP contribution is 2.20. The molecule has 0 spiro atoms. The van der Waals surface area contributed by atoms with Crippen molar-refractivity contribution in [3.05, 3.63) is 58.1 Å². The Morgan fingerprint density at radius 2 is 1.97 bits per heavy atom. The van der Waals surface area contributed by atoms with Crippen LogP contribution >= 0.6 is 15.9 Å². The number of benzene rings is 2. The molecule has 0 heterocycles. The molecule has 3 N–H and O–H groups in total. The first-order chi connectivity index (χ1) is 14.3. The van der Waals surface area contributed by atoms with Gasteiger partial charge in [0, 0.05) is 10.0 Å². The molecule has 0 aliphatic heterocycles. The van der Waals surface area contributed by atoms with Crippen molar-refractivity contribution in [2.24, 2.45) is 11.0 Å². The second-order valence-corrected chi connectivity index (χ2v) is 8.16. The molecule has 2 amide bonds. The van der Waals surface area contributed by atoms with Crippen LogP contribution in [0.15, 0.2) is 52.0 Å². The van der Waals surface area contributed by atoms with Crippen LogP contribution in [0, 0.1) is 12.8 Å². The Morgan fingerprint density at radius 1 is 1.23 bits per heavy atom. The van der Waals surface area contributed by atoms with Crippen LogP contribution in [-0.4, -0.2) is 35.8 Å². The average molecular weight is 476 g/mol. The number of nitrogens with zero attached hydrogens (tertiary/aromatic N) is 1. The van der Waals surface area contributed by atoms with Crippen LogP contribution in [0.4, 0.5) is 0 Å². The van der Waals surface area contributed by atoms with Crippen LogP contribution in [0.3, 0.4) is 0 Å². The van der Waals surface area contributed by atoms with Gasteiger partial charge in [0.25, 0.3) is 11.8 Å². The number of halogens is 1. The van der Waals surface area contributed by atoms with E-state index in [-0.39, 0.29) is 18.3 Å². The summed E-state index contributed by atoms with van der Waals surface area (Å²) in [6, 6.07) is 11.5. The van der Waals surface area contributed by atoms with Gasteiger partial charge in [-0.2, -0.15) is 5.10 Å². The molecule has 7 nitrogen and oxygen atoms in total. The Morgan fingerprint density at radius 3 is 2.67 bits per heavy atom. The van der Waals surface area contributed by atoms with Crippen LogP contribution in [0.1, 0.15) is 31.4 Å². The summed E-state index contributed by atoms with van der Waals surface area (Å²) in [5.41, 5.74) is 3.79. The van der Waals surface area contributed by atoms with Crippen LogP contribution in [0.2, 0.25) is 0 Å². The number of phenolic OH excluding ortho intramolecular Hbond substituents is 1. The molecule has 2 rings (SSSR count). The van der Waals surface area contributed by atoms with Gasteiger partial charge in [-0.1, -0.05) is 48.0 Å². The lowest BCUT2D eigenvalue weighted by molar-refractivity contribution is -0.130. The lowest BCUT2D eigenvalue weighted by Gasteiger charge is -2.19. The molecule has 0 saturated carbocycles. The second-order valence-electron chi connectivity index (χ2n) is 7.24. The van der Waals surface area contributed by atoms with Crippen LogP contribution < -0.4 is 15.5 Å². The number of phenols is 1. The number of hydrazone groups is 1. The zero-order valence-corrected chi connectivity index (χ0v) is 18.8. The number of ether oxygens (including phenoxy) is 1. The van der Waals surface area contributed by atoms with E-state index in [4.69, 9.17) is 4.74 Å². The molecule has 0 aliphatic carbocycles. The zero-order valence-electron chi connectivity index (χ0n) is 17.2. The minimum atomic E-state index is -0.758. The summed E-state index contributed by atoms with van der Waals surface area (Å²) in [7, 11) is 0. The SMILES string of the molecule is Cc1ccccc1OCC(=O)N[C@H](CC(C)C)C(=O)N/N=C\c1cc(Br)ccc1O. The molecule has 0 saturated heterocycles. The quantitative estimate of drug-likeness (QED) is 0.381. The molecule has 0 bridgehead atoms. The number of carbonyl (C=O) groups is 2. The van der Waals surface area contributed by atoms with Gasteiger partial charge in [0.2, 0.25) is 0 Å². The van der Waals surface area contributed by atoms with Gasteiger partial charge in [-0.3, -0.25) is 9.59 Å². The normalized spacial score (nSPS) is 12.0. The Kier molecular flexibility index (Phi) is 8.86. The minimum Gasteiger partial charge on any atom is -0.507 e. The predicted octanol–water partition coefficient (Wildman–Crippen LogP) is 3.52.